The molecule has 0 aliphatic heterocycles. The molecule has 2 rings (SSSR count). The number of ether oxygens (including phenoxy) is 2. The number of pyridine rings is 1. The standard InChI is InChI=1S/C23H30BrN3O4/c1-15(2)27(22(29)31-23(3,4)5)14-20(16-8-7-9-18(12-16)30-6)26-21(28)19-13-17(24)10-11-25-19/h7-13,15,20H,14H2,1-6H3,(H,26,28). The van der Waals surface area contributed by atoms with Crippen LogP contribution >= 0.6 is 15.9 Å². The smallest absolute Gasteiger partial charge is 0.410 e. The Hall–Kier alpha value is -2.61. The Morgan fingerprint density at radius 1 is 1.19 bits per heavy atom. The molecule has 8 heteroatoms. The minimum absolute atomic E-state index is 0.135. The summed E-state index contributed by atoms with van der Waals surface area (Å²) >= 11 is 3.36. The van der Waals surface area contributed by atoms with Gasteiger partial charge in [0.05, 0.1) is 13.2 Å². The van der Waals surface area contributed by atoms with E-state index in [1.165, 1.54) is 0 Å². The van der Waals surface area contributed by atoms with E-state index in [0.717, 1.165) is 10.0 Å². The fraction of sp³-hybridized carbons (Fsp3) is 0.435. The van der Waals surface area contributed by atoms with Gasteiger partial charge in [0.2, 0.25) is 0 Å². The number of amides is 2. The van der Waals surface area contributed by atoms with Crippen molar-refractivity contribution in [3.8, 4) is 5.75 Å². The van der Waals surface area contributed by atoms with Gasteiger partial charge in [0.25, 0.3) is 5.91 Å². The van der Waals surface area contributed by atoms with Gasteiger partial charge in [-0.3, -0.25) is 9.78 Å². The van der Waals surface area contributed by atoms with Gasteiger partial charge < -0.3 is 19.7 Å². The molecular weight excluding hydrogens is 462 g/mol. The summed E-state index contributed by atoms with van der Waals surface area (Å²) in [6.45, 7) is 9.50. The number of nitrogens with zero attached hydrogens (tertiary/aromatic N) is 2. The Labute approximate surface area is 192 Å². The molecule has 0 radical (unpaired) electrons. The van der Waals surface area contributed by atoms with Gasteiger partial charge in [-0.1, -0.05) is 28.1 Å². The number of hydrogen-bond donors (Lipinski definition) is 1. The third-order valence-corrected chi connectivity index (χ3v) is 4.88. The van der Waals surface area contributed by atoms with Crippen molar-refractivity contribution in [2.75, 3.05) is 13.7 Å². The van der Waals surface area contributed by atoms with Crippen LogP contribution in [0, 0.1) is 0 Å². The number of benzene rings is 1. The van der Waals surface area contributed by atoms with Crippen molar-refractivity contribution in [3.05, 3.63) is 58.3 Å². The quantitative estimate of drug-likeness (QED) is 0.591. The minimum atomic E-state index is -0.626. The van der Waals surface area contributed by atoms with Crippen LogP contribution in [-0.2, 0) is 4.74 Å². The first-order chi connectivity index (χ1) is 14.5. The van der Waals surface area contributed by atoms with Crippen LogP contribution in [0.4, 0.5) is 4.79 Å². The Kier molecular flexibility index (Phi) is 8.44. The minimum Gasteiger partial charge on any atom is -0.497 e. The number of halogens is 1. The van der Waals surface area contributed by atoms with E-state index in [1.54, 1.807) is 30.3 Å². The summed E-state index contributed by atoms with van der Waals surface area (Å²) in [5.41, 5.74) is 0.451. The Balaban J connectivity index is 2.35. The second kappa shape index (κ2) is 10.6. The summed E-state index contributed by atoms with van der Waals surface area (Å²) in [5, 5.41) is 3.00. The van der Waals surface area contributed by atoms with Crippen LogP contribution in [0.15, 0.2) is 47.1 Å². The van der Waals surface area contributed by atoms with Gasteiger partial charge in [0, 0.05) is 23.3 Å². The normalized spacial score (nSPS) is 12.3. The van der Waals surface area contributed by atoms with E-state index in [1.807, 2.05) is 58.9 Å². The van der Waals surface area contributed by atoms with Crippen LogP contribution in [-0.4, -0.2) is 47.2 Å². The lowest BCUT2D eigenvalue weighted by Gasteiger charge is -2.33. The molecule has 0 bridgehead atoms. The van der Waals surface area contributed by atoms with E-state index >= 15 is 0 Å². The Bertz CT molecular complexity index is 912. The zero-order valence-electron chi connectivity index (χ0n) is 18.8. The zero-order valence-corrected chi connectivity index (χ0v) is 20.4. The van der Waals surface area contributed by atoms with E-state index in [4.69, 9.17) is 9.47 Å². The molecule has 168 valence electrons. The van der Waals surface area contributed by atoms with Gasteiger partial charge in [0.1, 0.15) is 17.0 Å². The van der Waals surface area contributed by atoms with Crippen LogP contribution in [0.25, 0.3) is 0 Å². The maximum Gasteiger partial charge on any atom is 0.410 e. The van der Waals surface area contributed by atoms with E-state index in [9.17, 15) is 9.59 Å². The molecule has 1 atom stereocenters. The molecular formula is C23H30BrN3O4. The number of hydrogen-bond acceptors (Lipinski definition) is 5. The molecule has 31 heavy (non-hydrogen) atoms. The third-order valence-electron chi connectivity index (χ3n) is 4.39. The van der Waals surface area contributed by atoms with Crippen molar-refractivity contribution < 1.29 is 19.1 Å². The fourth-order valence-corrected chi connectivity index (χ4v) is 3.20. The Morgan fingerprint density at radius 2 is 1.90 bits per heavy atom. The largest absolute Gasteiger partial charge is 0.497 e. The van der Waals surface area contributed by atoms with Crippen molar-refractivity contribution >= 4 is 27.9 Å². The number of carbonyl (C=O) groups is 2. The first kappa shape index (κ1) is 24.7. The average Bonchev–Trinajstić information content (AvgIpc) is 2.69. The lowest BCUT2D eigenvalue weighted by atomic mass is 10.0. The second-order valence-electron chi connectivity index (χ2n) is 8.39. The van der Waals surface area contributed by atoms with Crippen LogP contribution in [0.2, 0.25) is 0 Å². The molecule has 1 heterocycles. The maximum absolute atomic E-state index is 12.9. The van der Waals surface area contributed by atoms with Crippen molar-refractivity contribution in [1.29, 1.82) is 0 Å². The molecule has 1 aromatic carbocycles. The molecule has 0 fully saturated rings. The summed E-state index contributed by atoms with van der Waals surface area (Å²) < 4.78 is 11.7. The van der Waals surface area contributed by atoms with Gasteiger partial charge in [0.15, 0.2) is 0 Å². The highest BCUT2D eigenvalue weighted by atomic mass is 79.9. The fourth-order valence-electron chi connectivity index (χ4n) is 2.87. The second-order valence-corrected chi connectivity index (χ2v) is 9.30. The van der Waals surface area contributed by atoms with Crippen molar-refractivity contribution in [3.63, 3.8) is 0 Å². The number of methoxy groups -OCH3 is 1. The van der Waals surface area contributed by atoms with E-state index in [0.29, 0.717) is 5.75 Å². The number of nitrogens with one attached hydrogen (secondary N) is 1. The number of aromatic nitrogens is 1. The number of rotatable bonds is 7. The molecule has 7 nitrogen and oxygen atoms in total. The van der Waals surface area contributed by atoms with E-state index < -0.39 is 17.7 Å². The highest BCUT2D eigenvalue weighted by molar-refractivity contribution is 9.10. The molecule has 0 aliphatic carbocycles. The molecule has 1 aromatic heterocycles. The topological polar surface area (TPSA) is 80.8 Å². The molecule has 1 unspecified atom stereocenters. The van der Waals surface area contributed by atoms with E-state index in [2.05, 4.69) is 26.2 Å². The van der Waals surface area contributed by atoms with Crippen molar-refractivity contribution in [2.24, 2.45) is 0 Å². The molecule has 0 aliphatic rings. The summed E-state index contributed by atoms with van der Waals surface area (Å²) in [5.74, 6) is 0.313. The average molecular weight is 492 g/mol. The van der Waals surface area contributed by atoms with Crippen LogP contribution in [0.5, 0.6) is 5.75 Å². The number of carbonyl (C=O) groups excluding carboxylic acids is 2. The van der Waals surface area contributed by atoms with Gasteiger partial charge >= 0.3 is 6.09 Å². The van der Waals surface area contributed by atoms with Crippen molar-refractivity contribution in [1.82, 2.24) is 15.2 Å². The van der Waals surface area contributed by atoms with Gasteiger partial charge in [-0.2, -0.15) is 0 Å². The molecule has 0 saturated heterocycles. The highest BCUT2D eigenvalue weighted by Crippen LogP contribution is 2.23. The predicted octanol–water partition coefficient (Wildman–Crippen LogP) is 4.97. The molecule has 0 spiro atoms. The summed E-state index contributed by atoms with van der Waals surface area (Å²) in [4.78, 5) is 31.5. The first-order valence-electron chi connectivity index (χ1n) is 10.1. The highest BCUT2D eigenvalue weighted by Gasteiger charge is 2.28. The Morgan fingerprint density at radius 3 is 2.48 bits per heavy atom. The van der Waals surface area contributed by atoms with Gasteiger partial charge in [-0.25, -0.2) is 4.79 Å². The lowest BCUT2D eigenvalue weighted by molar-refractivity contribution is 0.0168. The third kappa shape index (κ3) is 7.54. The maximum atomic E-state index is 12.9. The SMILES string of the molecule is COc1cccc(C(CN(C(=O)OC(C)(C)C)C(C)C)NC(=O)c2cc(Br)ccn2)c1. The van der Waals surface area contributed by atoms with Gasteiger partial charge in [-0.15, -0.1) is 0 Å². The molecule has 2 amide bonds. The van der Waals surface area contributed by atoms with E-state index in [-0.39, 0.29) is 24.2 Å². The lowest BCUT2D eigenvalue weighted by Crippen LogP contribution is -2.46. The molecule has 0 saturated carbocycles. The van der Waals surface area contributed by atoms with Crippen LogP contribution in [0.3, 0.4) is 0 Å². The van der Waals surface area contributed by atoms with Gasteiger partial charge in [-0.05, 0) is 64.4 Å². The zero-order chi connectivity index (χ0) is 23.2. The van der Waals surface area contributed by atoms with Crippen molar-refractivity contribution in [2.45, 2.75) is 52.3 Å². The molecule has 1 N–H and O–H groups in total. The predicted molar refractivity (Wildman–Crippen MR) is 123 cm³/mol. The summed E-state index contributed by atoms with van der Waals surface area (Å²) in [6, 6.07) is 10.2. The summed E-state index contributed by atoms with van der Waals surface area (Å²) in [6.07, 6.45) is 1.12. The monoisotopic (exact) mass is 491 g/mol. The molecule has 2 aromatic rings. The van der Waals surface area contributed by atoms with Crippen LogP contribution < -0.4 is 10.1 Å². The first-order valence-corrected chi connectivity index (χ1v) is 10.9. The van der Waals surface area contributed by atoms with Crippen LogP contribution in [0.1, 0.15) is 56.7 Å². The summed E-state index contributed by atoms with van der Waals surface area (Å²) in [7, 11) is 1.58.